The summed E-state index contributed by atoms with van der Waals surface area (Å²) < 4.78 is 1.87. The van der Waals surface area contributed by atoms with E-state index in [2.05, 4.69) is 44.1 Å². The lowest BCUT2D eigenvalue weighted by Gasteiger charge is -2.35. The highest BCUT2D eigenvalue weighted by Crippen LogP contribution is 2.25. The van der Waals surface area contributed by atoms with Crippen molar-refractivity contribution < 1.29 is 4.79 Å². The topological polar surface area (TPSA) is 67.2 Å². The van der Waals surface area contributed by atoms with Gasteiger partial charge in [0.25, 0.3) is 0 Å². The van der Waals surface area contributed by atoms with Crippen LogP contribution in [0.3, 0.4) is 0 Å². The van der Waals surface area contributed by atoms with E-state index in [9.17, 15) is 4.79 Å². The number of carbonyl (C=O) groups excluding carboxylic acids is 1. The third-order valence-corrected chi connectivity index (χ3v) is 6.32. The van der Waals surface area contributed by atoms with E-state index >= 15 is 0 Å². The third kappa shape index (κ3) is 5.14. The van der Waals surface area contributed by atoms with Crippen LogP contribution in [0.25, 0.3) is 5.82 Å². The van der Waals surface area contributed by atoms with Crippen LogP contribution in [-0.2, 0) is 17.9 Å². The monoisotopic (exact) mass is 452 g/mol. The lowest BCUT2D eigenvalue weighted by atomic mass is 9.94. The maximum atomic E-state index is 13.6. The standard InChI is InChI=1S/C27H28N6O/c34-27(33(18-22-7-3-1-4-8-22)19-23-9-5-2-6-10-23)24-11-14-31(15-12-24)25-17-26(30-20-29-25)32-16-13-28-21-32/h1-10,13,16-17,20-21,24H,11-12,14-15,18-19H2. The lowest BCUT2D eigenvalue weighted by Crippen LogP contribution is -2.42. The second kappa shape index (κ2) is 10.3. The van der Waals surface area contributed by atoms with E-state index in [1.165, 1.54) is 0 Å². The van der Waals surface area contributed by atoms with Crippen LogP contribution in [-0.4, -0.2) is 43.4 Å². The fourth-order valence-corrected chi connectivity index (χ4v) is 4.48. The molecule has 1 fully saturated rings. The van der Waals surface area contributed by atoms with Gasteiger partial charge in [0.1, 0.15) is 24.3 Å². The molecule has 0 bridgehead atoms. The fourth-order valence-electron chi connectivity index (χ4n) is 4.48. The van der Waals surface area contributed by atoms with Crippen molar-refractivity contribution >= 4 is 11.7 Å². The predicted octanol–water partition coefficient (Wildman–Crippen LogP) is 4.11. The van der Waals surface area contributed by atoms with Crippen molar-refractivity contribution in [1.29, 1.82) is 0 Å². The highest BCUT2D eigenvalue weighted by molar-refractivity contribution is 5.79. The SMILES string of the molecule is O=C(C1CCN(c2cc(-n3ccnc3)ncn2)CC1)N(Cc1ccccc1)Cc1ccccc1. The second-order valence-electron chi connectivity index (χ2n) is 8.63. The van der Waals surface area contributed by atoms with E-state index in [-0.39, 0.29) is 11.8 Å². The third-order valence-electron chi connectivity index (χ3n) is 6.32. The largest absolute Gasteiger partial charge is 0.356 e. The van der Waals surface area contributed by atoms with Crippen molar-refractivity contribution in [2.75, 3.05) is 18.0 Å². The molecule has 1 amide bonds. The number of rotatable bonds is 7. The number of imidazole rings is 1. The molecule has 0 aliphatic carbocycles. The number of nitrogens with zero attached hydrogens (tertiary/aromatic N) is 6. The Labute approximate surface area is 199 Å². The molecule has 1 aliphatic heterocycles. The first-order chi connectivity index (χ1) is 16.8. The number of amides is 1. The van der Waals surface area contributed by atoms with Crippen LogP contribution in [0.5, 0.6) is 0 Å². The molecule has 0 saturated carbocycles. The average molecular weight is 453 g/mol. The van der Waals surface area contributed by atoms with Gasteiger partial charge in [0.05, 0.1) is 0 Å². The minimum atomic E-state index is 0.0126. The van der Waals surface area contributed by atoms with E-state index in [0.717, 1.165) is 48.7 Å². The highest BCUT2D eigenvalue weighted by Gasteiger charge is 2.29. The number of carbonyl (C=O) groups is 1. The Balaban J connectivity index is 1.26. The van der Waals surface area contributed by atoms with Crippen LogP contribution >= 0.6 is 0 Å². The molecule has 0 radical (unpaired) electrons. The maximum Gasteiger partial charge on any atom is 0.226 e. The minimum absolute atomic E-state index is 0.0126. The fraction of sp³-hybridized carbons (Fsp3) is 0.259. The molecule has 1 aliphatic rings. The van der Waals surface area contributed by atoms with Crippen molar-refractivity contribution in [2.24, 2.45) is 5.92 Å². The van der Waals surface area contributed by atoms with Gasteiger partial charge in [-0.3, -0.25) is 9.36 Å². The minimum Gasteiger partial charge on any atom is -0.356 e. The normalized spacial score (nSPS) is 14.2. The smallest absolute Gasteiger partial charge is 0.226 e. The number of aromatic nitrogens is 4. The molecule has 7 nitrogen and oxygen atoms in total. The van der Waals surface area contributed by atoms with Crippen LogP contribution in [0, 0.1) is 5.92 Å². The Hall–Kier alpha value is -4.00. The van der Waals surface area contributed by atoms with E-state index in [1.807, 2.05) is 58.1 Å². The second-order valence-corrected chi connectivity index (χ2v) is 8.63. The van der Waals surface area contributed by atoms with Crippen molar-refractivity contribution in [3.8, 4) is 5.82 Å². The van der Waals surface area contributed by atoms with Crippen molar-refractivity contribution in [3.05, 3.63) is 103 Å². The van der Waals surface area contributed by atoms with Crippen LogP contribution in [0.4, 0.5) is 5.82 Å². The first-order valence-corrected chi connectivity index (χ1v) is 11.7. The molecule has 4 aromatic rings. The molecule has 7 heteroatoms. The number of anilines is 1. The van der Waals surface area contributed by atoms with Gasteiger partial charge in [-0.05, 0) is 24.0 Å². The molecule has 1 saturated heterocycles. The average Bonchev–Trinajstić information content (AvgIpc) is 3.45. The summed E-state index contributed by atoms with van der Waals surface area (Å²) in [5.74, 6) is 1.92. The molecule has 34 heavy (non-hydrogen) atoms. The molecule has 0 N–H and O–H groups in total. The zero-order valence-corrected chi connectivity index (χ0v) is 19.1. The van der Waals surface area contributed by atoms with Crippen molar-refractivity contribution in [1.82, 2.24) is 24.4 Å². The van der Waals surface area contributed by atoms with Crippen molar-refractivity contribution in [2.45, 2.75) is 25.9 Å². The van der Waals surface area contributed by atoms with Gasteiger partial charge < -0.3 is 9.80 Å². The van der Waals surface area contributed by atoms with Crippen LogP contribution in [0.15, 0.2) is 91.8 Å². The van der Waals surface area contributed by atoms with Gasteiger partial charge in [-0.25, -0.2) is 15.0 Å². The summed E-state index contributed by atoms with van der Waals surface area (Å²) in [6.45, 7) is 2.83. The number of benzene rings is 2. The predicted molar refractivity (Wildman–Crippen MR) is 131 cm³/mol. The zero-order valence-electron chi connectivity index (χ0n) is 19.1. The number of piperidine rings is 1. The summed E-state index contributed by atoms with van der Waals surface area (Å²) in [4.78, 5) is 30.8. The molecular formula is C27H28N6O. The Morgan fingerprint density at radius 3 is 2.09 bits per heavy atom. The summed E-state index contributed by atoms with van der Waals surface area (Å²) in [7, 11) is 0. The van der Waals surface area contributed by atoms with Crippen LogP contribution in [0.2, 0.25) is 0 Å². The Bertz CT molecular complexity index is 1150. The molecular weight excluding hydrogens is 424 g/mol. The number of hydrogen-bond acceptors (Lipinski definition) is 5. The van der Waals surface area contributed by atoms with Gasteiger partial charge in [-0.1, -0.05) is 60.7 Å². The first-order valence-electron chi connectivity index (χ1n) is 11.7. The summed E-state index contributed by atoms with van der Waals surface area (Å²) in [6.07, 6.45) is 8.53. The first kappa shape index (κ1) is 21.8. The quantitative estimate of drug-likeness (QED) is 0.422. The Morgan fingerprint density at radius 2 is 1.50 bits per heavy atom. The number of hydrogen-bond donors (Lipinski definition) is 0. The molecule has 0 spiro atoms. The van der Waals surface area contributed by atoms with Gasteiger partial charge in [-0.2, -0.15) is 0 Å². The summed E-state index contributed by atoms with van der Waals surface area (Å²) >= 11 is 0. The van der Waals surface area contributed by atoms with E-state index < -0.39 is 0 Å². The van der Waals surface area contributed by atoms with Gasteiger partial charge in [0, 0.05) is 50.6 Å². The summed E-state index contributed by atoms with van der Waals surface area (Å²) in [6, 6.07) is 22.4. The Kier molecular flexibility index (Phi) is 6.61. The summed E-state index contributed by atoms with van der Waals surface area (Å²) in [5.41, 5.74) is 2.30. The molecule has 2 aromatic carbocycles. The molecule has 5 rings (SSSR count). The molecule has 172 valence electrons. The lowest BCUT2D eigenvalue weighted by molar-refractivity contribution is -0.137. The summed E-state index contributed by atoms with van der Waals surface area (Å²) in [5, 5.41) is 0. The molecule has 0 atom stereocenters. The van der Waals surface area contributed by atoms with Gasteiger partial charge in [0.15, 0.2) is 0 Å². The van der Waals surface area contributed by atoms with Crippen LogP contribution in [0.1, 0.15) is 24.0 Å². The van der Waals surface area contributed by atoms with Crippen molar-refractivity contribution in [3.63, 3.8) is 0 Å². The van der Waals surface area contributed by atoms with E-state index in [1.54, 1.807) is 18.9 Å². The molecule has 0 unspecified atom stereocenters. The maximum absolute atomic E-state index is 13.6. The molecule has 3 heterocycles. The van der Waals surface area contributed by atoms with E-state index in [0.29, 0.717) is 13.1 Å². The van der Waals surface area contributed by atoms with Gasteiger partial charge >= 0.3 is 0 Å². The molecule has 2 aromatic heterocycles. The van der Waals surface area contributed by atoms with Gasteiger partial charge in [0.2, 0.25) is 5.91 Å². The van der Waals surface area contributed by atoms with Gasteiger partial charge in [-0.15, -0.1) is 0 Å². The van der Waals surface area contributed by atoms with E-state index in [4.69, 9.17) is 0 Å². The highest BCUT2D eigenvalue weighted by atomic mass is 16.2. The Morgan fingerprint density at radius 1 is 0.882 bits per heavy atom. The van der Waals surface area contributed by atoms with Crippen LogP contribution < -0.4 is 4.90 Å². The zero-order chi connectivity index (χ0) is 23.2.